The van der Waals surface area contributed by atoms with Crippen LogP contribution < -0.4 is 10.5 Å². The Balaban J connectivity index is 2.13. The summed E-state index contributed by atoms with van der Waals surface area (Å²) in [7, 11) is 0. The minimum absolute atomic E-state index is 0.140. The standard InChI is InChI=1S/C12H11BrN4O2/c13-9-3-1-8(2-4-9)7-19-12-10(11(14)17-18)15-5-6-16-12/h1-6,18H,7H2,(H2,14,17). The van der Waals surface area contributed by atoms with Crippen molar-refractivity contribution >= 4 is 21.8 Å². The van der Waals surface area contributed by atoms with Crippen LogP contribution in [0.25, 0.3) is 0 Å². The molecule has 3 N–H and O–H groups in total. The summed E-state index contributed by atoms with van der Waals surface area (Å²) in [6.07, 6.45) is 2.92. The second kappa shape index (κ2) is 6.14. The van der Waals surface area contributed by atoms with E-state index in [1.165, 1.54) is 12.4 Å². The molecule has 0 fully saturated rings. The Morgan fingerprint density at radius 2 is 1.95 bits per heavy atom. The lowest BCUT2D eigenvalue weighted by atomic mass is 10.2. The number of aromatic nitrogens is 2. The minimum Gasteiger partial charge on any atom is -0.471 e. The van der Waals surface area contributed by atoms with Gasteiger partial charge in [0.25, 0.3) is 0 Å². The van der Waals surface area contributed by atoms with Gasteiger partial charge < -0.3 is 15.7 Å². The van der Waals surface area contributed by atoms with E-state index in [1.807, 2.05) is 24.3 Å². The van der Waals surface area contributed by atoms with Gasteiger partial charge >= 0.3 is 0 Å². The first-order valence-corrected chi connectivity index (χ1v) is 6.16. The molecule has 0 amide bonds. The van der Waals surface area contributed by atoms with Crippen molar-refractivity contribution in [2.24, 2.45) is 10.9 Å². The van der Waals surface area contributed by atoms with Crippen LogP contribution in [0.4, 0.5) is 0 Å². The van der Waals surface area contributed by atoms with E-state index in [0.717, 1.165) is 10.0 Å². The number of nitrogens with two attached hydrogens (primary N) is 1. The van der Waals surface area contributed by atoms with Crippen molar-refractivity contribution in [3.05, 3.63) is 52.4 Å². The van der Waals surface area contributed by atoms with Gasteiger partial charge in [0.1, 0.15) is 6.61 Å². The third-order valence-corrected chi connectivity index (χ3v) is 2.83. The molecule has 0 unspecified atom stereocenters. The molecule has 98 valence electrons. The molecule has 1 heterocycles. The summed E-state index contributed by atoms with van der Waals surface area (Å²) in [6.45, 7) is 0.317. The van der Waals surface area contributed by atoms with Crippen LogP contribution in [0.2, 0.25) is 0 Å². The van der Waals surface area contributed by atoms with Gasteiger partial charge in [-0.15, -0.1) is 0 Å². The number of hydrogen-bond acceptors (Lipinski definition) is 5. The van der Waals surface area contributed by atoms with Gasteiger partial charge in [-0.1, -0.05) is 33.2 Å². The van der Waals surface area contributed by atoms with Crippen molar-refractivity contribution in [2.45, 2.75) is 6.61 Å². The summed E-state index contributed by atoms with van der Waals surface area (Å²) in [4.78, 5) is 7.98. The molecule has 2 aromatic rings. The molecule has 0 spiro atoms. The molecule has 1 aromatic heterocycles. The van der Waals surface area contributed by atoms with Crippen LogP contribution in [0.3, 0.4) is 0 Å². The molecule has 0 aliphatic carbocycles. The van der Waals surface area contributed by atoms with E-state index in [-0.39, 0.29) is 17.4 Å². The third-order valence-electron chi connectivity index (χ3n) is 2.30. The number of amidine groups is 1. The molecule has 0 aliphatic rings. The van der Waals surface area contributed by atoms with Crippen LogP contribution in [0, 0.1) is 0 Å². The second-order valence-corrected chi connectivity index (χ2v) is 4.53. The fourth-order valence-corrected chi connectivity index (χ4v) is 1.65. The minimum atomic E-state index is -0.140. The largest absolute Gasteiger partial charge is 0.471 e. The van der Waals surface area contributed by atoms with E-state index in [0.29, 0.717) is 6.61 Å². The van der Waals surface area contributed by atoms with Crippen LogP contribution in [0.1, 0.15) is 11.3 Å². The molecule has 0 atom stereocenters. The Morgan fingerprint density at radius 3 is 2.63 bits per heavy atom. The summed E-state index contributed by atoms with van der Waals surface area (Å²) in [6, 6.07) is 7.67. The van der Waals surface area contributed by atoms with Crippen molar-refractivity contribution < 1.29 is 9.94 Å². The van der Waals surface area contributed by atoms with Gasteiger partial charge in [0.15, 0.2) is 11.5 Å². The van der Waals surface area contributed by atoms with Crippen molar-refractivity contribution in [1.82, 2.24) is 9.97 Å². The maximum absolute atomic E-state index is 8.66. The molecule has 0 bridgehead atoms. The van der Waals surface area contributed by atoms with E-state index in [9.17, 15) is 0 Å². The highest BCUT2D eigenvalue weighted by Crippen LogP contribution is 2.15. The van der Waals surface area contributed by atoms with E-state index in [2.05, 4.69) is 31.1 Å². The molecular formula is C12H11BrN4O2. The lowest BCUT2D eigenvalue weighted by Crippen LogP contribution is -2.17. The molecule has 0 aliphatic heterocycles. The highest BCUT2D eigenvalue weighted by atomic mass is 79.9. The SMILES string of the molecule is N/C(=N/O)c1nccnc1OCc1ccc(Br)cc1. The zero-order valence-electron chi connectivity index (χ0n) is 9.82. The summed E-state index contributed by atoms with van der Waals surface area (Å²) < 4.78 is 6.52. The van der Waals surface area contributed by atoms with Crippen LogP contribution in [0.5, 0.6) is 5.88 Å². The normalized spacial score (nSPS) is 11.3. The fraction of sp³-hybridized carbons (Fsp3) is 0.0833. The molecule has 7 heteroatoms. The van der Waals surface area contributed by atoms with Crippen molar-refractivity contribution in [2.75, 3.05) is 0 Å². The van der Waals surface area contributed by atoms with Gasteiger partial charge in [-0.2, -0.15) is 0 Å². The molecule has 0 saturated carbocycles. The summed E-state index contributed by atoms with van der Waals surface area (Å²) >= 11 is 3.36. The molecular weight excluding hydrogens is 312 g/mol. The number of halogens is 1. The van der Waals surface area contributed by atoms with Crippen LogP contribution in [0.15, 0.2) is 46.3 Å². The number of ether oxygens (including phenoxy) is 1. The van der Waals surface area contributed by atoms with E-state index >= 15 is 0 Å². The summed E-state index contributed by atoms with van der Waals surface area (Å²) in [5.41, 5.74) is 6.68. The number of hydrogen-bond donors (Lipinski definition) is 2. The van der Waals surface area contributed by atoms with Crippen LogP contribution in [-0.2, 0) is 6.61 Å². The number of benzene rings is 1. The predicted molar refractivity (Wildman–Crippen MR) is 73.0 cm³/mol. The van der Waals surface area contributed by atoms with Crippen molar-refractivity contribution in [1.29, 1.82) is 0 Å². The average molecular weight is 323 g/mol. The van der Waals surface area contributed by atoms with Gasteiger partial charge in [0.2, 0.25) is 5.88 Å². The molecule has 1 aromatic carbocycles. The summed E-state index contributed by atoms with van der Waals surface area (Å²) in [5.74, 6) is 0.0830. The Bertz CT molecular complexity index is 587. The number of nitrogens with zero attached hydrogens (tertiary/aromatic N) is 3. The van der Waals surface area contributed by atoms with E-state index in [1.54, 1.807) is 0 Å². The first-order valence-electron chi connectivity index (χ1n) is 5.37. The topological polar surface area (TPSA) is 93.6 Å². The van der Waals surface area contributed by atoms with Crippen LogP contribution >= 0.6 is 15.9 Å². The quantitative estimate of drug-likeness (QED) is 0.388. The highest BCUT2D eigenvalue weighted by Gasteiger charge is 2.11. The maximum Gasteiger partial charge on any atom is 0.244 e. The van der Waals surface area contributed by atoms with Gasteiger partial charge in [0.05, 0.1) is 0 Å². The molecule has 0 saturated heterocycles. The van der Waals surface area contributed by atoms with Gasteiger partial charge in [-0.05, 0) is 17.7 Å². The smallest absolute Gasteiger partial charge is 0.244 e. The maximum atomic E-state index is 8.66. The summed E-state index contributed by atoms with van der Waals surface area (Å²) in [5, 5.41) is 11.6. The van der Waals surface area contributed by atoms with E-state index < -0.39 is 0 Å². The Labute approximate surface area is 118 Å². The zero-order chi connectivity index (χ0) is 13.7. The molecule has 2 rings (SSSR count). The number of rotatable bonds is 4. The van der Waals surface area contributed by atoms with Gasteiger partial charge in [-0.25, -0.2) is 9.97 Å². The monoisotopic (exact) mass is 322 g/mol. The van der Waals surface area contributed by atoms with Crippen LogP contribution in [-0.4, -0.2) is 21.0 Å². The molecule has 19 heavy (non-hydrogen) atoms. The first kappa shape index (κ1) is 13.3. The Morgan fingerprint density at radius 1 is 1.26 bits per heavy atom. The predicted octanol–water partition coefficient (Wildman–Crippen LogP) is 1.91. The van der Waals surface area contributed by atoms with E-state index in [4.69, 9.17) is 15.7 Å². The average Bonchev–Trinajstić information content (AvgIpc) is 2.46. The first-order chi connectivity index (χ1) is 9.20. The van der Waals surface area contributed by atoms with Crippen molar-refractivity contribution in [3.63, 3.8) is 0 Å². The Kier molecular flexibility index (Phi) is 4.30. The number of oxime groups is 1. The van der Waals surface area contributed by atoms with Gasteiger partial charge in [-0.3, -0.25) is 0 Å². The second-order valence-electron chi connectivity index (χ2n) is 3.61. The zero-order valence-corrected chi connectivity index (χ0v) is 11.4. The third kappa shape index (κ3) is 3.41. The highest BCUT2D eigenvalue weighted by molar-refractivity contribution is 9.10. The lowest BCUT2D eigenvalue weighted by Gasteiger charge is -2.08. The molecule has 6 nitrogen and oxygen atoms in total. The fourth-order valence-electron chi connectivity index (χ4n) is 1.39. The lowest BCUT2D eigenvalue weighted by molar-refractivity contribution is 0.290. The molecule has 0 radical (unpaired) electrons. The van der Waals surface area contributed by atoms with Gasteiger partial charge in [0, 0.05) is 16.9 Å². The van der Waals surface area contributed by atoms with Crippen molar-refractivity contribution in [3.8, 4) is 5.88 Å². The Hall–Kier alpha value is -2.15.